The lowest BCUT2D eigenvalue weighted by Crippen LogP contribution is -2.32. The molecule has 94 valence electrons. The molecule has 0 saturated carbocycles. The van der Waals surface area contributed by atoms with Gasteiger partial charge in [-0.1, -0.05) is 0 Å². The topological polar surface area (TPSA) is 85.4 Å². The zero-order chi connectivity index (χ0) is 11.9. The van der Waals surface area contributed by atoms with Gasteiger partial charge in [-0.15, -0.1) is 12.4 Å². The number of aromatic nitrogens is 1. The lowest BCUT2D eigenvalue weighted by Gasteiger charge is -2.31. The second-order valence-corrected chi connectivity index (χ2v) is 4.56. The minimum absolute atomic E-state index is 0. The molecular weight excluding hydrogens is 244 g/mol. The van der Waals surface area contributed by atoms with Gasteiger partial charge in [-0.2, -0.15) is 0 Å². The van der Waals surface area contributed by atoms with Crippen molar-refractivity contribution in [2.24, 2.45) is 0 Å². The molecule has 0 saturated heterocycles. The van der Waals surface area contributed by atoms with E-state index in [0.717, 1.165) is 11.3 Å². The smallest absolute Gasteiger partial charge is 0.339 e. The van der Waals surface area contributed by atoms with Gasteiger partial charge in [0.1, 0.15) is 11.4 Å². The number of carboxylic acids is 1. The van der Waals surface area contributed by atoms with Crippen molar-refractivity contribution in [3.8, 4) is 0 Å². The van der Waals surface area contributed by atoms with E-state index in [9.17, 15) is 4.79 Å². The van der Waals surface area contributed by atoms with Crippen molar-refractivity contribution in [1.29, 1.82) is 0 Å². The molecule has 0 radical (unpaired) electrons. The van der Waals surface area contributed by atoms with Gasteiger partial charge < -0.3 is 15.6 Å². The molecule has 0 spiro atoms. The third kappa shape index (κ3) is 2.68. The maximum absolute atomic E-state index is 10.9. The molecule has 0 aliphatic carbocycles. The molecule has 2 rings (SSSR count). The van der Waals surface area contributed by atoms with E-state index in [1.165, 1.54) is 0 Å². The number of pyridine rings is 1. The molecule has 1 aliphatic heterocycles. The number of nitrogens with zero attached hydrogens (tertiary/aromatic N) is 1. The Hall–Kier alpha value is -1.33. The first-order valence-corrected chi connectivity index (χ1v) is 5.04. The predicted molar refractivity (Wildman–Crippen MR) is 65.4 cm³/mol. The number of hydrogen-bond acceptors (Lipinski definition) is 4. The van der Waals surface area contributed by atoms with E-state index in [1.54, 1.807) is 6.07 Å². The number of rotatable bonds is 1. The molecule has 17 heavy (non-hydrogen) atoms. The number of carbonyl (C=O) groups is 1. The minimum atomic E-state index is -1.04. The van der Waals surface area contributed by atoms with Gasteiger partial charge in [0.15, 0.2) is 0 Å². The van der Waals surface area contributed by atoms with Crippen LogP contribution in [0.15, 0.2) is 6.07 Å². The normalized spacial score (nSPS) is 16.8. The minimum Gasteiger partial charge on any atom is -0.478 e. The molecule has 0 atom stereocenters. The third-order valence-electron chi connectivity index (χ3n) is 2.67. The molecular formula is C11H15ClN2O3. The SMILES string of the molecule is CC1(C)Cc2cc(C(=O)O)c(N)nc2CO1.Cl. The van der Waals surface area contributed by atoms with E-state index in [1.807, 2.05) is 13.8 Å². The van der Waals surface area contributed by atoms with E-state index in [0.29, 0.717) is 13.0 Å². The summed E-state index contributed by atoms with van der Waals surface area (Å²) in [6, 6.07) is 1.60. The van der Waals surface area contributed by atoms with Gasteiger partial charge in [-0.3, -0.25) is 0 Å². The molecule has 3 N–H and O–H groups in total. The van der Waals surface area contributed by atoms with Gasteiger partial charge in [-0.25, -0.2) is 9.78 Å². The fraction of sp³-hybridized carbons (Fsp3) is 0.455. The first-order chi connectivity index (χ1) is 7.39. The number of hydrogen-bond donors (Lipinski definition) is 2. The Morgan fingerprint density at radius 2 is 2.24 bits per heavy atom. The van der Waals surface area contributed by atoms with E-state index < -0.39 is 5.97 Å². The Morgan fingerprint density at radius 3 is 2.82 bits per heavy atom. The van der Waals surface area contributed by atoms with Crippen molar-refractivity contribution in [3.63, 3.8) is 0 Å². The number of fused-ring (bicyclic) bond motifs is 1. The van der Waals surface area contributed by atoms with E-state index in [2.05, 4.69) is 4.98 Å². The van der Waals surface area contributed by atoms with Crippen LogP contribution in [0.2, 0.25) is 0 Å². The summed E-state index contributed by atoms with van der Waals surface area (Å²) in [6.45, 7) is 4.31. The average Bonchev–Trinajstić information content (AvgIpc) is 2.16. The summed E-state index contributed by atoms with van der Waals surface area (Å²) in [4.78, 5) is 15.0. The average molecular weight is 259 g/mol. The molecule has 1 aromatic heterocycles. The summed E-state index contributed by atoms with van der Waals surface area (Å²) in [7, 11) is 0. The predicted octanol–water partition coefficient (Wildman–Crippen LogP) is 1.64. The molecule has 0 unspecified atom stereocenters. The molecule has 0 fully saturated rings. The Bertz CT molecular complexity index is 460. The number of aromatic carboxylic acids is 1. The second kappa shape index (κ2) is 4.50. The quantitative estimate of drug-likeness (QED) is 0.800. The van der Waals surface area contributed by atoms with Crippen LogP contribution in [0.5, 0.6) is 0 Å². The van der Waals surface area contributed by atoms with Crippen molar-refractivity contribution in [3.05, 3.63) is 22.9 Å². The van der Waals surface area contributed by atoms with Crippen molar-refractivity contribution in [2.75, 3.05) is 5.73 Å². The Kier molecular flexibility index (Phi) is 3.64. The lowest BCUT2D eigenvalue weighted by molar-refractivity contribution is -0.0420. The largest absolute Gasteiger partial charge is 0.478 e. The monoisotopic (exact) mass is 258 g/mol. The Balaban J connectivity index is 0.00000144. The van der Waals surface area contributed by atoms with Gasteiger partial charge in [0.05, 0.1) is 17.9 Å². The maximum atomic E-state index is 10.9. The van der Waals surface area contributed by atoms with E-state index >= 15 is 0 Å². The molecule has 0 bridgehead atoms. The van der Waals surface area contributed by atoms with Crippen LogP contribution in [0, 0.1) is 0 Å². The third-order valence-corrected chi connectivity index (χ3v) is 2.67. The molecule has 0 amide bonds. The Labute approximate surface area is 105 Å². The number of ether oxygens (including phenoxy) is 1. The van der Waals surface area contributed by atoms with Crippen LogP contribution in [-0.2, 0) is 17.8 Å². The van der Waals surface area contributed by atoms with Crippen LogP contribution in [0.4, 0.5) is 5.82 Å². The highest BCUT2D eigenvalue weighted by Crippen LogP contribution is 2.28. The number of nitrogen functional groups attached to an aromatic ring is 1. The van der Waals surface area contributed by atoms with Gasteiger partial charge >= 0.3 is 5.97 Å². The van der Waals surface area contributed by atoms with E-state index in [-0.39, 0.29) is 29.4 Å². The molecule has 1 aliphatic rings. The first-order valence-electron chi connectivity index (χ1n) is 5.04. The zero-order valence-corrected chi connectivity index (χ0v) is 10.5. The van der Waals surface area contributed by atoms with Crippen LogP contribution in [-0.4, -0.2) is 21.7 Å². The highest BCUT2D eigenvalue weighted by atomic mass is 35.5. The molecule has 0 aromatic carbocycles. The summed E-state index contributed by atoms with van der Waals surface area (Å²) in [5, 5.41) is 8.95. The van der Waals surface area contributed by atoms with Gasteiger partial charge in [0, 0.05) is 6.42 Å². The first kappa shape index (κ1) is 13.7. The van der Waals surface area contributed by atoms with Crippen molar-refractivity contribution >= 4 is 24.2 Å². The molecule has 1 aromatic rings. The fourth-order valence-corrected chi connectivity index (χ4v) is 1.83. The lowest BCUT2D eigenvalue weighted by atomic mass is 9.93. The summed E-state index contributed by atoms with van der Waals surface area (Å²) >= 11 is 0. The van der Waals surface area contributed by atoms with Crippen LogP contribution in [0.3, 0.4) is 0 Å². The van der Waals surface area contributed by atoms with Crippen LogP contribution in [0.25, 0.3) is 0 Å². The van der Waals surface area contributed by atoms with Crippen LogP contribution in [0.1, 0.15) is 35.5 Å². The summed E-state index contributed by atoms with van der Waals surface area (Å²) in [5.74, 6) is -0.994. The van der Waals surface area contributed by atoms with Gasteiger partial charge in [0.2, 0.25) is 0 Å². The second-order valence-electron chi connectivity index (χ2n) is 4.56. The fourth-order valence-electron chi connectivity index (χ4n) is 1.83. The maximum Gasteiger partial charge on any atom is 0.339 e. The summed E-state index contributed by atoms with van der Waals surface area (Å²) in [6.07, 6.45) is 0.649. The Morgan fingerprint density at radius 1 is 1.59 bits per heavy atom. The molecule has 6 heteroatoms. The standard InChI is InChI=1S/C11H14N2O3.ClH/c1-11(2)4-6-3-7(10(14)15)9(12)13-8(6)5-16-11;/h3H,4-5H2,1-2H3,(H2,12,13)(H,14,15);1H. The van der Waals surface area contributed by atoms with Gasteiger partial charge in [0.25, 0.3) is 0 Å². The number of carboxylic acid groups (broad SMARTS) is 1. The number of nitrogens with two attached hydrogens (primary N) is 1. The van der Waals surface area contributed by atoms with E-state index in [4.69, 9.17) is 15.6 Å². The van der Waals surface area contributed by atoms with Crippen LogP contribution < -0.4 is 5.73 Å². The van der Waals surface area contributed by atoms with Crippen molar-refractivity contribution in [2.45, 2.75) is 32.5 Å². The summed E-state index contributed by atoms with van der Waals surface area (Å²) in [5.41, 5.74) is 7.00. The molecule has 2 heterocycles. The zero-order valence-electron chi connectivity index (χ0n) is 9.69. The van der Waals surface area contributed by atoms with Gasteiger partial charge in [-0.05, 0) is 25.5 Å². The van der Waals surface area contributed by atoms with Crippen molar-refractivity contribution in [1.82, 2.24) is 4.98 Å². The van der Waals surface area contributed by atoms with Crippen LogP contribution >= 0.6 is 12.4 Å². The molecule has 5 nitrogen and oxygen atoms in total. The highest BCUT2D eigenvalue weighted by molar-refractivity contribution is 5.92. The number of anilines is 1. The number of halogens is 1. The summed E-state index contributed by atoms with van der Waals surface area (Å²) < 4.78 is 5.58. The van der Waals surface area contributed by atoms with Crippen molar-refractivity contribution < 1.29 is 14.6 Å². The highest BCUT2D eigenvalue weighted by Gasteiger charge is 2.28.